The van der Waals surface area contributed by atoms with Crippen molar-refractivity contribution in [2.24, 2.45) is 4.99 Å². The molecule has 0 spiro atoms. The Kier molecular flexibility index (Phi) is 4.77. The standard InChI is InChI=1S/C22H17BrN2O2/c1-27-18-10-8-17(9-11-18)24-21-19-12-7-16(23)13-20(19)25(22(21)26)14-15-5-3-2-4-6-15/h2-13H,14H2,1H3. The summed E-state index contributed by atoms with van der Waals surface area (Å²) in [6.07, 6.45) is 0. The number of hydrogen-bond donors (Lipinski definition) is 0. The average Bonchev–Trinajstić information content (AvgIpc) is 2.94. The number of carbonyl (C=O) groups is 1. The van der Waals surface area contributed by atoms with Gasteiger partial charge >= 0.3 is 0 Å². The predicted octanol–water partition coefficient (Wildman–Crippen LogP) is 5.13. The lowest BCUT2D eigenvalue weighted by molar-refractivity contribution is -0.112. The average molecular weight is 421 g/mol. The van der Waals surface area contributed by atoms with E-state index in [1.165, 1.54) is 0 Å². The second-order valence-electron chi connectivity index (χ2n) is 6.20. The maximum absolute atomic E-state index is 13.2. The van der Waals surface area contributed by atoms with Crippen LogP contribution in [-0.2, 0) is 11.3 Å². The molecule has 0 bridgehead atoms. The van der Waals surface area contributed by atoms with Crippen molar-refractivity contribution in [3.8, 4) is 5.75 Å². The molecular formula is C22H17BrN2O2. The first-order valence-corrected chi connectivity index (χ1v) is 9.33. The molecule has 5 heteroatoms. The van der Waals surface area contributed by atoms with Crippen molar-refractivity contribution in [2.75, 3.05) is 12.0 Å². The molecule has 0 unspecified atom stereocenters. The Labute approximate surface area is 166 Å². The van der Waals surface area contributed by atoms with Crippen molar-refractivity contribution in [3.05, 3.63) is 88.4 Å². The number of anilines is 1. The van der Waals surface area contributed by atoms with Crippen LogP contribution in [0.4, 0.5) is 11.4 Å². The van der Waals surface area contributed by atoms with Gasteiger partial charge in [0, 0.05) is 10.0 Å². The summed E-state index contributed by atoms with van der Waals surface area (Å²) in [5.74, 6) is 0.662. The number of rotatable bonds is 4. The molecule has 134 valence electrons. The Balaban J connectivity index is 1.75. The van der Waals surface area contributed by atoms with Crippen molar-refractivity contribution in [3.63, 3.8) is 0 Å². The lowest BCUT2D eigenvalue weighted by atomic mass is 10.1. The van der Waals surface area contributed by atoms with E-state index in [4.69, 9.17) is 4.74 Å². The fourth-order valence-electron chi connectivity index (χ4n) is 3.10. The van der Waals surface area contributed by atoms with Crippen LogP contribution in [0.25, 0.3) is 0 Å². The fraction of sp³-hybridized carbons (Fsp3) is 0.0909. The number of halogens is 1. The van der Waals surface area contributed by atoms with Gasteiger partial charge in [-0.15, -0.1) is 0 Å². The monoisotopic (exact) mass is 420 g/mol. The normalized spacial score (nSPS) is 14.5. The van der Waals surface area contributed by atoms with Gasteiger partial charge in [-0.1, -0.05) is 46.3 Å². The van der Waals surface area contributed by atoms with Gasteiger partial charge in [0.15, 0.2) is 0 Å². The van der Waals surface area contributed by atoms with Crippen molar-refractivity contribution >= 4 is 38.9 Å². The Morgan fingerprint density at radius 3 is 2.44 bits per heavy atom. The highest BCUT2D eigenvalue weighted by molar-refractivity contribution is 9.10. The van der Waals surface area contributed by atoms with Gasteiger partial charge in [-0.2, -0.15) is 0 Å². The topological polar surface area (TPSA) is 41.9 Å². The Hall–Kier alpha value is -2.92. The number of benzene rings is 3. The second-order valence-corrected chi connectivity index (χ2v) is 7.11. The summed E-state index contributed by atoms with van der Waals surface area (Å²) in [4.78, 5) is 19.6. The maximum atomic E-state index is 13.2. The number of methoxy groups -OCH3 is 1. The van der Waals surface area contributed by atoms with E-state index in [1.807, 2.05) is 72.8 Å². The van der Waals surface area contributed by atoms with E-state index in [9.17, 15) is 4.79 Å². The van der Waals surface area contributed by atoms with E-state index in [2.05, 4.69) is 20.9 Å². The molecule has 3 aromatic carbocycles. The molecule has 0 saturated heterocycles. The minimum Gasteiger partial charge on any atom is -0.497 e. The van der Waals surface area contributed by atoms with Crippen molar-refractivity contribution < 1.29 is 9.53 Å². The first-order chi connectivity index (χ1) is 13.2. The van der Waals surface area contributed by atoms with E-state index in [0.29, 0.717) is 12.3 Å². The zero-order chi connectivity index (χ0) is 18.8. The van der Waals surface area contributed by atoms with E-state index in [1.54, 1.807) is 12.0 Å². The lowest BCUT2D eigenvalue weighted by Gasteiger charge is -2.17. The quantitative estimate of drug-likeness (QED) is 0.587. The van der Waals surface area contributed by atoms with Gasteiger partial charge in [0.2, 0.25) is 0 Å². The van der Waals surface area contributed by atoms with Crippen LogP contribution in [0, 0.1) is 0 Å². The summed E-state index contributed by atoms with van der Waals surface area (Å²) in [6.45, 7) is 0.505. The van der Waals surface area contributed by atoms with E-state index >= 15 is 0 Å². The molecule has 0 N–H and O–H groups in total. The maximum Gasteiger partial charge on any atom is 0.277 e. The number of nitrogens with zero attached hydrogens (tertiary/aromatic N) is 2. The molecule has 1 heterocycles. The van der Waals surface area contributed by atoms with Gasteiger partial charge in [0.25, 0.3) is 5.91 Å². The number of amides is 1. The third-order valence-electron chi connectivity index (χ3n) is 4.45. The molecule has 0 radical (unpaired) electrons. The van der Waals surface area contributed by atoms with Gasteiger partial charge < -0.3 is 9.64 Å². The van der Waals surface area contributed by atoms with E-state index < -0.39 is 0 Å². The number of ether oxygens (including phenoxy) is 1. The highest BCUT2D eigenvalue weighted by Crippen LogP contribution is 2.34. The third-order valence-corrected chi connectivity index (χ3v) is 4.94. The Morgan fingerprint density at radius 2 is 1.74 bits per heavy atom. The number of hydrogen-bond acceptors (Lipinski definition) is 3. The van der Waals surface area contributed by atoms with E-state index in [-0.39, 0.29) is 5.91 Å². The van der Waals surface area contributed by atoms with Crippen LogP contribution in [0.3, 0.4) is 0 Å². The highest BCUT2D eigenvalue weighted by atomic mass is 79.9. The Morgan fingerprint density at radius 1 is 1.00 bits per heavy atom. The Bertz CT molecular complexity index is 1010. The summed E-state index contributed by atoms with van der Waals surface area (Å²) >= 11 is 3.51. The molecule has 4 rings (SSSR count). The van der Waals surface area contributed by atoms with Crippen LogP contribution in [0.1, 0.15) is 11.1 Å². The summed E-state index contributed by atoms with van der Waals surface area (Å²) in [5.41, 5.74) is 3.95. The van der Waals surface area contributed by atoms with Gasteiger partial charge in [-0.3, -0.25) is 4.79 Å². The van der Waals surface area contributed by atoms with Crippen LogP contribution in [-0.4, -0.2) is 18.7 Å². The van der Waals surface area contributed by atoms with Crippen LogP contribution < -0.4 is 9.64 Å². The molecule has 3 aromatic rings. The zero-order valence-corrected chi connectivity index (χ0v) is 16.3. The molecule has 0 atom stereocenters. The largest absolute Gasteiger partial charge is 0.497 e. The van der Waals surface area contributed by atoms with Gasteiger partial charge in [-0.25, -0.2) is 4.99 Å². The van der Waals surface area contributed by atoms with Crippen molar-refractivity contribution in [1.82, 2.24) is 0 Å². The summed E-state index contributed by atoms with van der Waals surface area (Å²) in [6, 6.07) is 23.2. The molecule has 1 amide bonds. The SMILES string of the molecule is COc1ccc(N=C2C(=O)N(Cc3ccccc3)c3cc(Br)ccc32)cc1. The number of carbonyl (C=O) groups excluding carboxylic acids is 1. The van der Waals surface area contributed by atoms with Crippen molar-refractivity contribution in [1.29, 1.82) is 0 Å². The predicted molar refractivity (Wildman–Crippen MR) is 111 cm³/mol. The lowest BCUT2D eigenvalue weighted by Crippen LogP contribution is -2.29. The molecule has 0 fully saturated rings. The molecule has 0 saturated carbocycles. The van der Waals surface area contributed by atoms with Gasteiger partial charge in [0.1, 0.15) is 11.5 Å². The van der Waals surface area contributed by atoms with Crippen LogP contribution in [0.5, 0.6) is 5.75 Å². The number of aliphatic imine (C=N–C) groups is 1. The minimum absolute atomic E-state index is 0.0947. The van der Waals surface area contributed by atoms with Gasteiger partial charge in [0.05, 0.1) is 25.0 Å². The third kappa shape index (κ3) is 3.51. The van der Waals surface area contributed by atoms with E-state index in [0.717, 1.165) is 32.7 Å². The molecule has 27 heavy (non-hydrogen) atoms. The zero-order valence-electron chi connectivity index (χ0n) is 14.7. The molecule has 1 aliphatic rings. The molecular weight excluding hydrogens is 404 g/mol. The van der Waals surface area contributed by atoms with Crippen molar-refractivity contribution in [2.45, 2.75) is 6.54 Å². The number of fused-ring (bicyclic) bond motifs is 1. The molecule has 0 aliphatic carbocycles. The van der Waals surface area contributed by atoms with Crippen LogP contribution >= 0.6 is 15.9 Å². The molecule has 1 aliphatic heterocycles. The first-order valence-electron chi connectivity index (χ1n) is 8.54. The molecule has 4 nitrogen and oxygen atoms in total. The highest BCUT2D eigenvalue weighted by Gasteiger charge is 2.34. The molecule has 0 aromatic heterocycles. The second kappa shape index (κ2) is 7.37. The van der Waals surface area contributed by atoms with Crippen LogP contribution in [0.2, 0.25) is 0 Å². The summed E-state index contributed by atoms with van der Waals surface area (Å²) in [5, 5.41) is 0. The smallest absolute Gasteiger partial charge is 0.277 e. The summed E-state index contributed by atoms with van der Waals surface area (Å²) in [7, 11) is 1.62. The summed E-state index contributed by atoms with van der Waals surface area (Å²) < 4.78 is 6.11. The van der Waals surface area contributed by atoms with Crippen LogP contribution in [0.15, 0.2) is 82.3 Å². The first kappa shape index (κ1) is 17.5. The fourth-order valence-corrected chi connectivity index (χ4v) is 3.45. The van der Waals surface area contributed by atoms with Gasteiger partial charge in [-0.05, 0) is 48.0 Å². The minimum atomic E-state index is -0.0947.